The van der Waals surface area contributed by atoms with Crippen molar-refractivity contribution in [3.8, 4) is 17.5 Å². The lowest BCUT2D eigenvalue weighted by Gasteiger charge is -2.29. The number of aromatic nitrogens is 3. The third-order valence-electron chi connectivity index (χ3n) is 5.39. The zero-order chi connectivity index (χ0) is 29.0. The number of carbonyl (C=O) groups is 3. The van der Waals surface area contributed by atoms with Crippen molar-refractivity contribution in [2.45, 2.75) is 19.7 Å². The number of amides is 2. The van der Waals surface area contributed by atoms with Crippen LogP contribution in [0.5, 0.6) is 17.5 Å². The van der Waals surface area contributed by atoms with E-state index in [9.17, 15) is 31.9 Å². The number of imide groups is 1. The number of nitrogens with zero attached hydrogens (tertiary/aromatic N) is 4. The third-order valence-corrected chi connectivity index (χ3v) is 5.66. The average Bonchev–Trinajstić information content (AvgIpc) is 2.91. The van der Waals surface area contributed by atoms with Gasteiger partial charge in [-0.3, -0.25) is 14.6 Å². The zero-order valence-corrected chi connectivity index (χ0v) is 21.1. The van der Waals surface area contributed by atoms with Gasteiger partial charge in [0.2, 0.25) is 11.8 Å². The molecule has 3 aromatic heterocycles. The topological polar surface area (TPSA) is 121 Å². The van der Waals surface area contributed by atoms with Crippen LogP contribution in [0.3, 0.4) is 0 Å². The molecule has 1 atom stereocenters. The van der Waals surface area contributed by atoms with E-state index < -0.39 is 64.6 Å². The summed E-state index contributed by atoms with van der Waals surface area (Å²) in [6, 6.07) is 6.74. The van der Waals surface area contributed by atoms with E-state index in [2.05, 4.69) is 15.0 Å². The van der Waals surface area contributed by atoms with Crippen molar-refractivity contribution in [3.63, 3.8) is 0 Å². The van der Waals surface area contributed by atoms with Crippen LogP contribution < -0.4 is 14.4 Å². The van der Waals surface area contributed by atoms with Gasteiger partial charge in [-0.25, -0.2) is 19.1 Å². The van der Waals surface area contributed by atoms with E-state index in [0.29, 0.717) is 11.6 Å². The highest BCUT2D eigenvalue weighted by molar-refractivity contribution is 6.32. The maximum absolute atomic E-state index is 14.8. The fourth-order valence-electron chi connectivity index (χ4n) is 3.44. The Hall–Kier alpha value is -4.59. The van der Waals surface area contributed by atoms with Gasteiger partial charge in [-0.2, -0.15) is 18.2 Å². The predicted molar refractivity (Wildman–Crippen MR) is 129 cm³/mol. The number of rotatable bonds is 8. The number of esters is 1. The first-order chi connectivity index (χ1) is 19.0. The number of pyridine rings is 3. The fourth-order valence-corrected chi connectivity index (χ4v) is 3.62. The molecule has 1 aliphatic heterocycles. The molecule has 0 aliphatic carbocycles. The van der Waals surface area contributed by atoms with Crippen LogP contribution >= 0.6 is 11.6 Å². The molecule has 0 spiro atoms. The lowest BCUT2D eigenvalue weighted by Crippen LogP contribution is -2.46. The Balaban J connectivity index is 1.53. The van der Waals surface area contributed by atoms with Gasteiger partial charge in [0, 0.05) is 30.7 Å². The quantitative estimate of drug-likeness (QED) is 0.214. The van der Waals surface area contributed by atoms with Gasteiger partial charge in [-0.1, -0.05) is 11.6 Å². The molecule has 0 saturated heterocycles. The molecule has 2 amide bonds. The van der Waals surface area contributed by atoms with Crippen molar-refractivity contribution in [2.24, 2.45) is 5.92 Å². The number of alkyl halides is 3. The molecule has 0 saturated carbocycles. The van der Waals surface area contributed by atoms with E-state index >= 15 is 0 Å². The van der Waals surface area contributed by atoms with Crippen molar-refractivity contribution in [1.82, 2.24) is 15.0 Å². The Morgan fingerprint density at radius 1 is 1.12 bits per heavy atom. The molecule has 0 aromatic carbocycles. The van der Waals surface area contributed by atoms with E-state index in [1.165, 1.54) is 30.7 Å². The Morgan fingerprint density at radius 3 is 2.55 bits per heavy atom. The summed E-state index contributed by atoms with van der Waals surface area (Å²) in [5.74, 6) is -8.45. The normalized spacial score (nSPS) is 15.5. The minimum Gasteiger partial charge on any atom is -0.463 e. The highest BCUT2D eigenvalue weighted by Crippen LogP contribution is 2.39. The first-order valence-corrected chi connectivity index (χ1v) is 11.7. The molecule has 1 aliphatic rings. The summed E-state index contributed by atoms with van der Waals surface area (Å²) in [6.45, 7) is 0.324. The predicted octanol–water partition coefficient (Wildman–Crippen LogP) is 4.58. The molecule has 4 heterocycles. The Labute approximate surface area is 228 Å². The maximum Gasteiger partial charge on any atom is 0.413 e. The van der Waals surface area contributed by atoms with Crippen LogP contribution in [0.2, 0.25) is 5.02 Å². The van der Waals surface area contributed by atoms with Crippen molar-refractivity contribution in [2.75, 3.05) is 11.5 Å². The van der Waals surface area contributed by atoms with E-state index in [-0.39, 0.29) is 29.2 Å². The highest BCUT2D eigenvalue weighted by Gasteiger charge is 2.46. The summed E-state index contributed by atoms with van der Waals surface area (Å²) in [5.41, 5.74) is -0.677. The minimum absolute atomic E-state index is 0.0274. The Morgan fingerprint density at radius 2 is 1.85 bits per heavy atom. The number of anilines is 1. The molecule has 0 fully saturated rings. The first kappa shape index (κ1) is 28.4. The molecule has 40 heavy (non-hydrogen) atoms. The van der Waals surface area contributed by atoms with Crippen LogP contribution in [0, 0.1) is 11.7 Å². The van der Waals surface area contributed by atoms with Crippen LogP contribution in [0.25, 0.3) is 0 Å². The number of halogens is 5. The van der Waals surface area contributed by atoms with E-state index in [4.69, 9.17) is 25.8 Å². The fraction of sp³-hybridized carbons (Fsp3) is 0.200. The molecule has 0 bridgehead atoms. The highest BCUT2D eigenvalue weighted by atomic mass is 35.5. The van der Waals surface area contributed by atoms with Crippen LogP contribution in [0.4, 0.5) is 23.4 Å². The lowest BCUT2D eigenvalue weighted by molar-refractivity contribution is -0.147. The van der Waals surface area contributed by atoms with Crippen LogP contribution in [0.1, 0.15) is 12.5 Å². The molecule has 208 valence electrons. The smallest absolute Gasteiger partial charge is 0.413 e. The number of carbonyl (C=O) groups excluding carboxylic acids is 3. The minimum atomic E-state index is -4.95. The van der Waals surface area contributed by atoms with Gasteiger partial charge in [0.25, 0.3) is 11.8 Å². The van der Waals surface area contributed by atoms with Gasteiger partial charge in [0.15, 0.2) is 24.0 Å². The molecule has 4 rings (SSSR count). The second kappa shape index (κ2) is 11.7. The van der Waals surface area contributed by atoms with Crippen LogP contribution in [-0.4, -0.2) is 45.5 Å². The van der Waals surface area contributed by atoms with Gasteiger partial charge < -0.3 is 14.2 Å². The van der Waals surface area contributed by atoms with E-state index in [0.717, 1.165) is 6.92 Å². The molecule has 10 nitrogen and oxygen atoms in total. The van der Waals surface area contributed by atoms with Crippen LogP contribution in [0.15, 0.2) is 60.6 Å². The van der Waals surface area contributed by atoms with Gasteiger partial charge in [-0.15, -0.1) is 0 Å². The van der Waals surface area contributed by atoms with E-state index in [1.807, 2.05) is 0 Å². The first-order valence-electron chi connectivity index (χ1n) is 11.3. The van der Waals surface area contributed by atoms with Gasteiger partial charge in [0.1, 0.15) is 11.6 Å². The van der Waals surface area contributed by atoms with Gasteiger partial charge in [-0.05, 0) is 36.8 Å². The van der Waals surface area contributed by atoms with Crippen molar-refractivity contribution >= 4 is 35.2 Å². The van der Waals surface area contributed by atoms with Gasteiger partial charge in [0.05, 0.1) is 11.5 Å². The standard InChI is InChI=1S/C25H17ClF4N4O6/c1-13-15(25(28,29)30)9-19(35)34(24(13)37)21-17(27)10-16(26)22(33-21)40-18-3-2-6-32-23(18)39-12-20(36)38-11-14-4-7-31-8-5-14/h2-10,13H,11-12H2,1H3. The summed E-state index contributed by atoms with van der Waals surface area (Å²) >= 11 is 6.04. The molecule has 0 radical (unpaired) electrons. The molecule has 0 N–H and O–H groups in total. The van der Waals surface area contributed by atoms with Crippen molar-refractivity contribution in [3.05, 3.63) is 77.0 Å². The summed E-state index contributed by atoms with van der Waals surface area (Å²) in [5, 5.41) is -0.413. The maximum atomic E-state index is 14.8. The van der Waals surface area contributed by atoms with Crippen LogP contribution in [-0.2, 0) is 25.7 Å². The van der Waals surface area contributed by atoms with Crippen molar-refractivity contribution < 1.29 is 46.2 Å². The van der Waals surface area contributed by atoms with E-state index in [1.54, 1.807) is 12.1 Å². The average molecular weight is 581 g/mol. The summed E-state index contributed by atoms with van der Waals surface area (Å²) < 4.78 is 70.4. The molecule has 3 aromatic rings. The van der Waals surface area contributed by atoms with Crippen molar-refractivity contribution in [1.29, 1.82) is 0 Å². The Bertz CT molecular complexity index is 1490. The monoisotopic (exact) mass is 580 g/mol. The SMILES string of the molecule is CC1C(=O)N(c2nc(Oc3cccnc3OCC(=O)OCc3ccncc3)c(Cl)cc2F)C(=O)C=C1C(F)(F)F. The molecule has 1 unspecified atom stereocenters. The Kier molecular flexibility index (Phi) is 8.28. The molecule has 15 heteroatoms. The lowest BCUT2D eigenvalue weighted by atomic mass is 9.94. The molecular weight excluding hydrogens is 564 g/mol. The largest absolute Gasteiger partial charge is 0.463 e. The second-order valence-corrected chi connectivity index (χ2v) is 8.53. The number of ether oxygens (including phenoxy) is 3. The second-order valence-electron chi connectivity index (χ2n) is 8.13. The van der Waals surface area contributed by atoms with Gasteiger partial charge >= 0.3 is 12.1 Å². The number of hydrogen-bond acceptors (Lipinski definition) is 9. The zero-order valence-electron chi connectivity index (χ0n) is 20.3. The molecular formula is C25H17ClF4N4O6. The number of hydrogen-bond donors (Lipinski definition) is 0. The third kappa shape index (κ3) is 6.34. The summed E-state index contributed by atoms with van der Waals surface area (Å²) in [6.07, 6.45) is -0.369. The summed E-state index contributed by atoms with van der Waals surface area (Å²) in [7, 11) is 0. The summed E-state index contributed by atoms with van der Waals surface area (Å²) in [4.78, 5) is 48.9.